The van der Waals surface area contributed by atoms with Crippen molar-refractivity contribution in [1.29, 1.82) is 0 Å². The number of hydrogen-bond acceptors (Lipinski definition) is 1. The lowest BCUT2D eigenvalue weighted by Gasteiger charge is -2.16. The van der Waals surface area contributed by atoms with Gasteiger partial charge < -0.3 is 4.90 Å². The van der Waals surface area contributed by atoms with Crippen molar-refractivity contribution in [2.24, 2.45) is 0 Å². The first-order valence-corrected chi connectivity index (χ1v) is 4.89. The highest BCUT2D eigenvalue weighted by Crippen LogP contribution is 2.35. The molecule has 0 aliphatic heterocycles. The molecule has 1 nitrogen and oxygen atoms in total. The normalized spacial score (nSPS) is 10.1. The molecule has 12 heavy (non-hydrogen) atoms. The minimum absolute atomic E-state index is 0.637. The van der Waals surface area contributed by atoms with Crippen LogP contribution in [-0.4, -0.2) is 14.1 Å². The Balaban J connectivity index is 3.28. The van der Waals surface area contributed by atoms with Gasteiger partial charge in [0, 0.05) is 23.6 Å². The van der Waals surface area contributed by atoms with Crippen molar-refractivity contribution < 1.29 is 0 Å². The van der Waals surface area contributed by atoms with Gasteiger partial charge in [-0.15, -0.1) is 0 Å². The molecule has 0 unspecified atom stereocenters. The number of anilines is 1. The molecule has 1 aromatic carbocycles. The third-order valence-electron chi connectivity index (χ3n) is 1.43. The zero-order chi connectivity index (χ0) is 9.30. The van der Waals surface area contributed by atoms with Gasteiger partial charge >= 0.3 is 0 Å². The van der Waals surface area contributed by atoms with Crippen LogP contribution in [0.5, 0.6) is 0 Å². The molecular formula is C8H8BrCl2N. The first kappa shape index (κ1) is 10.2. The molecule has 0 aromatic heterocycles. The first-order valence-electron chi connectivity index (χ1n) is 3.34. The van der Waals surface area contributed by atoms with E-state index in [9.17, 15) is 0 Å². The number of halogens is 3. The smallest absolute Gasteiger partial charge is 0.0695 e. The average Bonchev–Trinajstić information content (AvgIpc) is 1.82. The fraction of sp³-hybridized carbons (Fsp3) is 0.250. The molecule has 4 heteroatoms. The second-order valence-corrected chi connectivity index (χ2v) is 4.31. The highest BCUT2D eigenvalue weighted by atomic mass is 79.9. The topological polar surface area (TPSA) is 3.24 Å². The maximum absolute atomic E-state index is 5.97. The van der Waals surface area contributed by atoms with Crippen LogP contribution in [0.15, 0.2) is 16.6 Å². The van der Waals surface area contributed by atoms with E-state index in [4.69, 9.17) is 23.2 Å². The fourth-order valence-corrected chi connectivity index (χ4v) is 2.69. The minimum atomic E-state index is 0.637. The predicted molar refractivity (Wildman–Crippen MR) is 58.5 cm³/mol. The minimum Gasteiger partial charge on any atom is -0.376 e. The Hall–Kier alpha value is 0.0800. The molecule has 0 fully saturated rings. The Bertz CT molecular complexity index is 276. The summed E-state index contributed by atoms with van der Waals surface area (Å²) < 4.78 is 0.907. The van der Waals surface area contributed by atoms with Crippen molar-refractivity contribution in [1.82, 2.24) is 0 Å². The van der Waals surface area contributed by atoms with Crippen molar-refractivity contribution in [2.75, 3.05) is 19.0 Å². The third kappa shape index (κ3) is 2.06. The zero-order valence-corrected chi connectivity index (χ0v) is 9.83. The Kier molecular flexibility index (Phi) is 3.27. The molecule has 1 rings (SSSR count). The first-order chi connectivity index (χ1) is 5.52. The second kappa shape index (κ2) is 3.86. The zero-order valence-electron chi connectivity index (χ0n) is 6.74. The summed E-state index contributed by atoms with van der Waals surface area (Å²) in [6.45, 7) is 0. The molecule has 0 atom stereocenters. The number of rotatable bonds is 1. The van der Waals surface area contributed by atoms with Crippen molar-refractivity contribution in [3.63, 3.8) is 0 Å². The number of benzene rings is 1. The molecule has 0 aliphatic carbocycles. The highest BCUT2D eigenvalue weighted by Gasteiger charge is 2.08. The Labute approximate surface area is 90.4 Å². The quantitative estimate of drug-likeness (QED) is 0.749. The van der Waals surface area contributed by atoms with Crippen molar-refractivity contribution in [3.05, 3.63) is 26.7 Å². The number of hydrogen-bond donors (Lipinski definition) is 0. The van der Waals surface area contributed by atoms with Gasteiger partial charge in [-0.05, 0) is 28.1 Å². The molecule has 0 saturated heterocycles. The van der Waals surface area contributed by atoms with Crippen molar-refractivity contribution >= 4 is 44.8 Å². The van der Waals surface area contributed by atoms with Crippen LogP contribution in [0.2, 0.25) is 10.0 Å². The van der Waals surface area contributed by atoms with Gasteiger partial charge in [-0.1, -0.05) is 23.2 Å². The van der Waals surface area contributed by atoms with Gasteiger partial charge in [0.05, 0.1) is 10.7 Å². The van der Waals surface area contributed by atoms with Gasteiger partial charge in [-0.2, -0.15) is 0 Å². The van der Waals surface area contributed by atoms with Crippen molar-refractivity contribution in [2.45, 2.75) is 0 Å². The van der Waals surface area contributed by atoms with E-state index in [-0.39, 0.29) is 0 Å². The van der Waals surface area contributed by atoms with Crippen LogP contribution in [0.4, 0.5) is 5.69 Å². The molecule has 0 radical (unpaired) electrons. The summed E-state index contributed by atoms with van der Waals surface area (Å²) in [4.78, 5) is 1.93. The van der Waals surface area contributed by atoms with Crippen LogP contribution < -0.4 is 4.90 Å². The van der Waals surface area contributed by atoms with E-state index in [1.165, 1.54) is 0 Å². The van der Waals surface area contributed by atoms with E-state index >= 15 is 0 Å². The highest BCUT2D eigenvalue weighted by molar-refractivity contribution is 9.10. The fourth-order valence-electron chi connectivity index (χ4n) is 0.962. The molecule has 1 aromatic rings. The molecule has 66 valence electrons. The van der Waals surface area contributed by atoms with E-state index in [2.05, 4.69) is 15.9 Å². The van der Waals surface area contributed by atoms with Crippen molar-refractivity contribution in [3.8, 4) is 0 Å². The van der Waals surface area contributed by atoms with E-state index in [1.807, 2.05) is 25.1 Å². The maximum atomic E-state index is 5.97. The SMILES string of the molecule is CN(C)c1c(Cl)cc(Cl)cc1Br. The van der Waals surface area contributed by atoms with Crippen LogP contribution in [0.3, 0.4) is 0 Å². The standard InChI is InChI=1S/C8H8BrCl2N/c1-12(2)8-6(9)3-5(10)4-7(8)11/h3-4H,1-2H3. The summed E-state index contributed by atoms with van der Waals surface area (Å²) >= 11 is 15.2. The van der Waals surface area contributed by atoms with Crippen LogP contribution in [0.1, 0.15) is 0 Å². The molecule has 0 N–H and O–H groups in total. The Morgan fingerprint density at radius 2 is 1.83 bits per heavy atom. The summed E-state index contributed by atoms with van der Waals surface area (Å²) in [5.74, 6) is 0. The number of nitrogens with zero attached hydrogens (tertiary/aromatic N) is 1. The molecule has 0 amide bonds. The lowest BCUT2D eigenvalue weighted by Crippen LogP contribution is -2.09. The van der Waals surface area contributed by atoms with Gasteiger partial charge in [-0.25, -0.2) is 0 Å². The second-order valence-electron chi connectivity index (χ2n) is 2.61. The maximum Gasteiger partial charge on any atom is 0.0695 e. The summed E-state index contributed by atoms with van der Waals surface area (Å²) in [7, 11) is 3.86. The van der Waals surface area contributed by atoms with E-state index in [0.717, 1.165) is 10.2 Å². The molecule has 0 saturated carbocycles. The van der Waals surface area contributed by atoms with Crippen LogP contribution in [0, 0.1) is 0 Å². The largest absolute Gasteiger partial charge is 0.376 e. The Morgan fingerprint density at radius 3 is 2.25 bits per heavy atom. The lowest BCUT2D eigenvalue weighted by atomic mass is 10.3. The molecule has 0 heterocycles. The third-order valence-corrected chi connectivity index (χ3v) is 2.54. The van der Waals surface area contributed by atoms with Gasteiger partial charge in [-0.3, -0.25) is 0 Å². The van der Waals surface area contributed by atoms with Crippen LogP contribution >= 0.6 is 39.1 Å². The average molecular weight is 269 g/mol. The summed E-state index contributed by atoms with van der Waals surface area (Å²) in [5.41, 5.74) is 0.945. The summed E-state index contributed by atoms with van der Waals surface area (Å²) in [6, 6.07) is 3.55. The lowest BCUT2D eigenvalue weighted by molar-refractivity contribution is 1.12. The Morgan fingerprint density at radius 1 is 1.25 bits per heavy atom. The van der Waals surface area contributed by atoms with Gasteiger partial charge in [0.25, 0.3) is 0 Å². The molecular weight excluding hydrogens is 261 g/mol. The summed E-state index contributed by atoms with van der Waals surface area (Å²) in [6.07, 6.45) is 0. The molecule has 0 spiro atoms. The molecule has 0 aliphatic rings. The monoisotopic (exact) mass is 267 g/mol. The van der Waals surface area contributed by atoms with Gasteiger partial charge in [0.1, 0.15) is 0 Å². The van der Waals surface area contributed by atoms with Crippen LogP contribution in [-0.2, 0) is 0 Å². The van der Waals surface area contributed by atoms with E-state index < -0.39 is 0 Å². The summed E-state index contributed by atoms with van der Waals surface area (Å²) in [5, 5.41) is 1.29. The van der Waals surface area contributed by atoms with Gasteiger partial charge in [0.2, 0.25) is 0 Å². The van der Waals surface area contributed by atoms with E-state index in [1.54, 1.807) is 6.07 Å². The molecule has 0 bridgehead atoms. The van der Waals surface area contributed by atoms with E-state index in [0.29, 0.717) is 10.0 Å². The predicted octanol–water partition coefficient (Wildman–Crippen LogP) is 3.82. The van der Waals surface area contributed by atoms with Gasteiger partial charge in [0.15, 0.2) is 0 Å². The van der Waals surface area contributed by atoms with Crippen LogP contribution in [0.25, 0.3) is 0 Å².